The molecule has 0 unspecified atom stereocenters. The van der Waals surface area contributed by atoms with Crippen molar-refractivity contribution in [2.24, 2.45) is 7.05 Å². The van der Waals surface area contributed by atoms with Gasteiger partial charge in [0.05, 0.1) is 11.1 Å². The second-order valence-electron chi connectivity index (χ2n) is 7.83. The fraction of sp³-hybridized carbons (Fsp3) is 0.304. The first-order chi connectivity index (χ1) is 14.7. The average molecular weight is 436 g/mol. The highest BCUT2D eigenvalue weighted by Crippen LogP contribution is 2.30. The third kappa shape index (κ3) is 4.16. The van der Waals surface area contributed by atoms with Crippen LogP contribution in [0.1, 0.15) is 27.9 Å². The van der Waals surface area contributed by atoms with Crippen molar-refractivity contribution in [3.8, 4) is 17.1 Å². The maximum atomic E-state index is 12.5. The topological polar surface area (TPSA) is 81.9 Å². The van der Waals surface area contributed by atoms with Crippen LogP contribution in [0, 0.1) is 34.6 Å². The van der Waals surface area contributed by atoms with Crippen molar-refractivity contribution >= 4 is 33.4 Å². The minimum absolute atomic E-state index is 0.156. The highest BCUT2D eigenvalue weighted by molar-refractivity contribution is 7.14. The van der Waals surface area contributed by atoms with Crippen molar-refractivity contribution in [2.75, 3.05) is 11.9 Å². The molecule has 1 aromatic carbocycles. The standard InChI is InChI=1S/C23H25N5O2S/c1-12-7-14(3)17(9-13(12)2)18-11-31-23(25-18)26-19(29)10-30-22-20-15(4)8-16(5)24-21(20)28(6)27-22/h7-9,11H,10H2,1-6H3,(H,25,26,29). The van der Waals surface area contributed by atoms with E-state index in [0.29, 0.717) is 11.0 Å². The van der Waals surface area contributed by atoms with E-state index in [1.54, 1.807) is 4.68 Å². The van der Waals surface area contributed by atoms with Crippen molar-refractivity contribution in [1.82, 2.24) is 19.7 Å². The number of hydrogen-bond acceptors (Lipinski definition) is 6. The smallest absolute Gasteiger partial charge is 0.264 e. The van der Waals surface area contributed by atoms with E-state index in [9.17, 15) is 4.79 Å². The van der Waals surface area contributed by atoms with E-state index in [1.165, 1.54) is 22.5 Å². The first kappa shape index (κ1) is 21.0. The third-order valence-corrected chi connectivity index (χ3v) is 6.05. The molecule has 0 saturated carbocycles. The normalized spacial score (nSPS) is 11.2. The Hall–Kier alpha value is -3.26. The summed E-state index contributed by atoms with van der Waals surface area (Å²) in [5.74, 6) is 0.123. The first-order valence-electron chi connectivity index (χ1n) is 10.00. The van der Waals surface area contributed by atoms with E-state index in [0.717, 1.165) is 39.1 Å². The summed E-state index contributed by atoms with van der Waals surface area (Å²) in [4.78, 5) is 21.6. The molecule has 1 amide bonds. The molecule has 8 heteroatoms. The largest absolute Gasteiger partial charge is 0.466 e. The second kappa shape index (κ2) is 8.11. The van der Waals surface area contributed by atoms with Gasteiger partial charge in [-0.05, 0) is 69.0 Å². The van der Waals surface area contributed by atoms with Gasteiger partial charge in [0.2, 0.25) is 5.88 Å². The van der Waals surface area contributed by atoms with Crippen molar-refractivity contribution in [3.63, 3.8) is 0 Å². The number of carbonyl (C=O) groups is 1. The van der Waals surface area contributed by atoms with Gasteiger partial charge in [0.25, 0.3) is 5.91 Å². The molecule has 4 rings (SSSR count). The number of aromatic nitrogens is 4. The Kier molecular flexibility index (Phi) is 5.49. The summed E-state index contributed by atoms with van der Waals surface area (Å²) >= 11 is 1.40. The fourth-order valence-corrected chi connectivity index (χ4v) is 4.36. The fourth-order valence-electron chi connectivity index (χ4n) is 3.63. The van der Waals surface area contributed by atoms with Crippen LogP contribution < -0.4 is 10.1 Å². The van der Waals surface area contributed by atoms with Crippen LogP contribution in [-0.4, -0.2) is 32.3 Å². The van der Waals surface area contributed by atoms with Gasteiger partial charge in [0.15, 0.2) is 17.4 Å². The van der Waals surface area contributed by atoms with Crippen molar-refractivity contribution in [2.45, 2.75) is 34.6 Å². The zero-order valence-corrected chi connectivity index (χ0v) is 19.3. The number of pyridine rings is 1. The van der Waals surface area contributed by atoms with Crippen LogP contribution >= 0.6 is 11.3 Å². The van der Waals surface area contributed by atoms with E-state index in [1.807, 2.05) is 32.3 Å². The number of nitrogens with one attached hydrogen (secondary N) is 1. The summed E-state index contributed by atoms with van der Waals surface area (Å²) in [5.41, 5.74) is 8.23. The molecule has 0 fully saturated rings. The Morgan fingerprint density at radius 2 is 1.77 bits per heavy atom. The summed E-state index contributed by atoms with van der Waals surface area (Å²) in [5, 5.41) is 10.5. The van der Waals surface area contributed by atoms with Crippen molar-refractivity contribution in [1.29, 1.82) is 0 Å². The average Bonchev–Trinajstić information content (AvgIpc) is 3.28. The number of ether oxygens (including phenoxy) is 1. The van der Waals surface area contributed by atoms with Gasteiger partial charge in [-0.15, -0.1) is 16.4 Å². The summed E-state index contributed by atoms with van der Waals surface area (Å²) in [7, 11) is 1.81. The van der Waals surface area contributed by atoms with Gasteiger partial charge in [-0.25, -0.2) is 14.6 Å². The molecule has 0 aliphatic carbocycles. The zero-order chi connectivity index (χ0) is 22.3. The maximum Gasteiger partial charge on any atom is 0.264 e. The Morgan fingerprint density at radius 1 is 1.03 bits per heavy atom. The lowest BCUT2D eigenvalue weighted by molar-refractivity contribution is -0.118. The van der Waals surface area contributed by atoms with Gasteiger partial charge >= 0.3 is 0 Å². The quantitative estimate of drug-likeness (QED) is 0.493. The van der Waals surface area contributed by atoms with E-state index >= 15 is 0 Å². The molecule has 7 nitrogen and oxygen atoms in total. The summed E-state index contributed by atoms with van der Waals surface area (Å²) in [6.07, 6.45) is 0. The maximum absolute atomic E-state index is 12.5. The van der Waals surface area contributed by atoms with Gasteiger partial charge in [0.1, 0.15) is 0 Å². The summed E-state index contributed by atoms with van der Waals surface area (Å²) in [6.45, 7) is 10.0. The Bertz CT molecular complexity index is 1310. The summed E-state index contributed by atoms with van der Waals surface area (Å²) < 4.78 is 7.40. The highest BCUT2D eigenvalue weighted by atomic mass is 32.1. The Morgan fingerprint density at radius 3 is 2.55 bits per heavy atom. The number of thiazole rings is 1. The molecule has 160 valence electrons. The molecule has 0 atom stereocenters. The van der Waals surface area contributed by atoms with Crippen LogP contribution in [0.5, 0.6) is 5.88 Å². The van der Waals surface area contributed by atoms with Gasteiger partial charge in [-0.1, -0.05) is 6.07 Å². The number of benzene rings is 1. The summed E-state index contributed by atoms with van der Waals surface area (Å²) in [6, 6.07) is 6.27. The molecule has 0 saturated heterocycles. The predicted octanol–water partition coefficient (Wildman–Crippen LogP) is 4.65. The second-order valence-corrected chi connectivity index (χ2v) is 8.69. The van der Waals surface area contributed by atoms with Crippen LogP contribution in [0.2, 0.25) is 0 Å². The van der Waals surface area contributed by atoms with Crippen LogP contribution in [0.3, 0.4) is 0 Å². The lowest BCUT2D eigenvalue weighted by Gasteiger charge is -2.07. The minimum Gasteiger partial charge on any atom is -0.466 e. The molecule has 0 spiro atoms. The molecule has 3 aromatic heterocycles. The molecular weight excluding hydrogens is 410 g/mol. The molecular formula is C23H25N5O2S. The number of rotatable bonds is 5. The number of hydrogen-bond donors (Lipinski definition) is 1. The molecule has 0 radical (unpaired) electrons. The van der Waals surface area contributed by atoms with Gasteiger partial charge in [-0.3, -0.25) is 10.1 Å². The Labute approximate surface area is 185 Å². The van der Waals surface area contributed by atoms with E-state index in [-0.39, 0.29) is 12.5 Å². The van der Waals surface area contributed by atoms with E-state index in [2.05, 4.69) is 53.3 Å². The first-order valence-corrected chi connectivity index (χ1v) is 10.9. The zero-order valence-electron chi connectivity index (χ0n) is 18.5. The number of carbonyl (C=O) groups excluding carboxylic acids is 1. The number of anilines is 1. The van der Waals surface area contributed by atoms with Crippen LogP contribution in [0.4, 0.5) is 5.13 Å². The number of fused-ring (bicyclic) bond motifs is 1. The predicted molar refractivity (Wildman–Crippen MR) is 124 cm³/mol. The van der Waals surface area contributed by atoms with E-state index in [4.69, 9.17) is 4.74 Å². The van der Waals surface area contributed by atoms with Gasteiger partial charge in [0, 0.05) is 23.7 Å². The monoisotopic (exact) mass is 435 g/mol. The van der Waals surface area contributed by atoms with Gasteiger partial charge in [-0.2, -0.15) is 0 Å². The number of amides is 1. The molecule has 0 aliphatic rings. The molecule has 31 heavy (non-hydrogen) atoms. The lowest BCUT2D eigenvalue weighted by atomic mass is 9.99. The third-order valence-electron chi connectivity index (χ3n) is 5.29. The van der Waals surface area contributed by atoms with Gasteiger partial charge < -0.3 is 4.74 Å². The minimum atomic E-state index is -0.283. The van der Waals surface area contributed by atoms with Crippen LogP contribution in [0.25, 0.3) is 22.3 Å². The highest BCUT2D eigenvalue weighted by Gasteiger charge is 2.16. The van der Waals surface area contributed by atoms with Crippen molar-refractivity contribution < 1.29 is 9.53 Å². The lowest BCUT2D eigenvalue weighted by Crippen LogP contribution is -2.20. The SMILES string of the molecule is Cc1cc(C)c2c(OCC(=O)Nc3nc(-c4cc(C)c(C)cc4C)cs3)nn(C)c2n1. The molecule has 0 bridgehead atoms. The Balaban J connectivity index is 1.46. The molecule has 4 aromatic rings. The van der Waals surface area contributed by atoms with E-state index < -0.39 is 0 Å². The van der Waals surface area contributed by atoms with Crippen LogP contribution in [-0.2, 0) is 11.8 Å². The molecule has 1 N–H and O–H groups in total. The number of nitrogens with zero attached hydrogens (tertiary/aromatic N) is 4. The van der Waals surface area contributed by atoms with Crippen LogP contribution in [0.15, 0.2) is 23.6 Å². The molecule has 0 aliphatic heterocycles. The molecule has 3 heterocycles. The van der Waals surface area contributed by atoms with Crippen molar-refractivity contribution in [3.05, 3.63) is 51.5 Å². The number of aryl methyl sites for hydroxylation is 6.